The molecule has 4 heterocycles. The number of nitrogens with zero attached hydrogens (tertiary/aromatic N) is 1. The molecule has 0 saturated carbocycles. The topological polar surface area (TPSA) is 68.1 Å². The molecule has 37 heavy (non-hydrogen) atoms. The van der Waals surface area contributed by atoms with Crippen molar-refractivity contribution < 1.29 is 19.4 Å². The summed E-state index contributed by atoms with van der Waals surface area (Å²) in [6.45, 7) is 11.6. The molecule has 5 rings (SSSR count). The van der Waals surface area contributed by atoms with Crippen LogP contribution in [0.3, 0.4) is 0 Å². The van der Waals surface area contributed by atoms with E-state index >= 15 is 0 Å². The van der Waals surface area contributed by atoms with Crippen LogP contribution in [0.1, 0.15) is 92.4 Å². The maximum absolute atomic E-state index is 12.2. The number of hydrogen-bond donors (Lipinski definition) is 1. The molecule has 1 fully saturated rings. The lowest BCUT2D eigenvalue weighted by molar-refractivity contribution is -0.138. The quantitative estimate of drug-likeness (QED) is 0.328. The molecule has 0 radical (unpaired) electrons. The molecule has 5 heteroatoms. The number of esters is 1. The maximum atomic E-state index is 12.2. The van der Waals surface area contributed by atoms with Crippen LogP contribution in [0.2, 0.25) is 0 Å². The van der Waals surface area contributed by atoms with E-state index in [1.807, 2.05) is 13.0 Å². The Morgan fingerprint density at radius 3 is 2.62 bits per heavy atom. The van der Waals surface area contributed by atoms with Gasteiger partial charge in [-0.3, -0.25) is 4.99 Å². The van der Waals surface area contributed by atoms with Crippen LogP contribution < -0.4 is 0 Å². The molecule has 1 N–H and O–H groups in total. The first-order chi connectivity index (χ1) is 17.7. The van der Waals surface area contributed by atoms with E-state index < -0.39 is 6.10 Å². The lowest BCUT2D eigenvalue weighted by Crippen LogP contribution is -2.44. The summed E-state index contributed by atoms with van der Waals surface area (Å²) in [4.78, 5) is 17.4. The predicted octanol–water partition coefficient (Wildman–Crippen LogP) is 6.43. The van der Waals surface area contributed by atoms with Crippen molar-refractivity contribution >= 4 is 11.7 Å². The summed E-state index contributed by atoms with van der Waals surface area (Å²) in [6.07, 6.45) is 15.1. The van der Waals surface area contributed by atoms with Gasteiger partial charge in [-0.05, 0) is 114 Å². The number of hydrogen-bond acceptors (Lipinski definition) is 5. The van der Waals surface area contributed by atoms with Crippen molar-refractivity contribution in [2.75, 3.05) is 6.54 Å². The summed E-state index contributed by atoms with van der Waals surface area (Å²) in [5, 5.41) is 11.2. The lowest BCUT2D eigenvalue weighted by Gasteiger charge is -2.48. The molecule has 0 aromatic heterocycles. The second-order valence-corrected chi connectivity index (χ2v) is 12.3. The average Bonchev–Trinajstić information content (AvgIpc) is 3.41. The fraction of sp³-hybridized carbons (Fsp3) is 0.688. The smallest absolute Gasteiger partial charge is 0.334 e. The van der Waals surface area contributed by atoms with Crippen molar-refractivity contribution in [2.45, 2.75) is 117 Å². The minimum atomic E-state index is -0.481. The minimum absolute atomic E-state index is 0.0289. The van der Waals surface area contributed by atoms with Crippen molar-refractivity contribution in [2.24, 2.45) is 22.2 Å². The summed E-state index contributed by atoms with van der Waals surface area (Å²) < 4.78 is 12.2. The van der Waals surface area contributed by atoms with E-state index in [-0.39, 0.29) is 35.6 Å². The molecule has 202 valence electrons. The molecule has 0 unspecified atom stereocenters. The molecule has 0 amide bonds. The number of carbonyl (C=O) groups is 1. The summed E-state index contributed by atoms with van der Waals surface area (Å²) in [5.74, 6) is 0.459. The third-order valence-corrected chi connectivity index (χ3v) is 9.87. The van der Waals surface area contributed by atoms with Crippen LogP contribution in [-0.4, -0.2) is 47.7 Å². The normalized spacial score (nSPS) is 42.2. The van der Waals surface area contributed by atoms with E-state index in [1.54, 1.807) is 0 Å². The Balaban J connectivity index is 1.55. The van der Waals surface area contributed by atoms with Gasteiger partial charge >= 0.3 is 5.97 Å². The zero-order valence-corrected chi connectivity index (χ0v) is 23.4. The first-order valence-electron chi connectivity index (χ1n) is 14.5. The number of allylic oxidation sites excluding steroid dienone is 3. The highest BCUT2D eigenvalue weighted by Crippen LogP contribution is 2.53. The molecule has 1 aliphatic carbocycles. The van der Waals surface area contributed by atoms with Gasteiger partial charge in [-0.2, -0.15) is 0 Å². The molecule has 1 saturated heterocycles. The van der Waals surface area contributed by atoms with E-state index in [0.717, 1.165) is 63.5 Å². The van der Waals surface area contributed by atoms with E-state index in [4.69, 9.17) is 14.5 Å². The molecule has 5 aliphatic rings. The van der Waals surface area contributed by atoms with Crippen LogP contribution in [0.15, 0.2) is 51.1 Å². The summed E-state index contributed by atoms with van der Waals surface area (Å²) in [7, 11) is 0. The number of ether oxygens (including phenoxy) is 2. The molecule has 1 spiro atoms. The maximum Gasteiger partial charge on any atom is 0.334 e. The molecule has 2 bridgehead atoms. The Morgan fingerprint density at radius 1 is 1.05 bits per heavy atom. The van der Waals surface area contributed by atoms with E-state index in [0.29, 0.717) is 17.9 Å². The van der Waals surface area contributed by atoms with Crippen LogP contribution in [0, 0.1) is 17.3 Å². The van der Waals surface area contributed by atoms with Crippen molar-refractivity contribution in [3.63, 3.8) is 0 Å². The Morgan fingerprint density at radius 2 is 1.86 bits per heavy atom. The summed E-state index contributed by atoms with van der Waals surface area (Å²) >= 11 is 0. The van der Waals surface area contributed by atoms with Crippen molar-refractivity contribution in [1.82, 2.24) is 0 Å². The highest BCUT2D eigenvalue weighted by molar-refractivity contribution is 5.93. The third-order valence-electron chi connectivity index (χ3n) is 9.87. The predicted molar refractivity (Wildman–Crippen MR) is 147 cm³/mol. The number of carbonyl (C=O) groups excluding carboxylic acids is 1. The van der Waals surface area contributed by atoms with Gasteiger partial charge in [0.05, 0.1) is 18.3 Å². The Bertz CT molecular complexity index is 1080. The van der Waals surface area contributed by atoms with E-state index in [1.165, 1.54) is 22.4 Å². The number of aliphatic hydroxyl groups is 1. The number of cyclic esters (lactones) is 1. The highest BCUT2D eigenvalue weighted by Gasteiger charge is 2.48. The molecule has 0 aromatic carbocycles. The van der Waals surface area contributed by atoms with Crippen LogP contribution in [0.5, 0.6) is 0 Å². The van der Waals surface area contributed by atoms with Crippen molar-refractivity contribution in [1.29, 1.82) is 0 Å². The first-order valence-corrected chi connectivity index (χ1v) is 14.5. The summed E-state index contributed by atoms with van der Waals surface area (Å²) in [5.41, 5.74) is 6.92. The van der Waals surface area contributed by atoms with Crippen molar-refractivity contribution in [3.05, 3.63) is 46.1 Å². The Labute approximate surface area is 222 Å². The molecule has 7 atom stereocenters. The molecular formula is C32H45NO4. The van der Waals surface area contributed by atoms with Crippen LogP contribution in [0.4, 0.5) is 0 Å². The fourth-order valence-corrected chi connectivity index (χ4v) is 7.70. The highest BCUT2D eigenvalue weighted by atomic mass is 16.5. The Hall–Kier alpha value is -1.98. The molecule has 0 aromatic rings. The second kappa shape index (κ2) is 10.6. The number of aliphatic imine (C=N–C) groups is 1. The average molecular weight is 508 g/mol. The van der Waals surface area contributed by atoms with Gasteiger partial charge < -0.3 is 14.6 Å². The van der Waals surface area contributed by atoms with E-state index in [2.05, 4.69) is 39.8 Å². The zero-order valence-electron chi connectivity index (χ0n) is 23.4. The summed E-state index contributed by atoms with van der Waals surface area (Å²) in [6, 6.07) is 0. The third kappa shape index (κ3) is 5.06. The van der Waals surface area contributed by atoms with Gasteiger partial charge in [0.1, 0.15) is 6.10 Å². The lowest BCUT2D eigenvalue weighted by atomic mass is 9.57. The van der Waals surface area contributed by atoms with Gasteiger partial charge in [0.25, 0.3) is 0 Å². The van der Waals surface area contributed by atoms with Gasteiger partial charge in [0, 0.05) is 29.2 Å². The zero-order chi connectivity index (χ0) is 26.3. The molecular weight excluding hydrogens is 462 g/mol. The number of rotatable bonds is 1. The van der Waals surface area contributed by atoms with Crippen LogP contribution in [0.25, 0.3) is 0 Å². The minimum Gasteiger partial charge on any atom is -0.450 e. The Kier molecular flexibility index (Phi) is 7.66. The molecule has 4 aliphatic heterocycles. The number of fused-ring (bicyclic) bond motifs is 2. The first kappa shape index (κ1) is 26.6. The SMILES string of the molecule is CC1=C[C@@H](C2=C(C)[C@@H]3/C=C(/C)[C@@H](O)CC[C@@H]4C[C@@H](C)[C@@H](O4)/C(C)=C/CCC4=NCCC[C@@]43CC2)OC1=O. The van der Waals surface area contributed by atoms with Crippen LogP contribution >= 0.6 is 0 Å². The van der Waals surface area contributed by atoms with Gasteiger partial charge in [-0.1, -0.05) is 24.6 Å². The van der Waals surface area contributed by atoms with Gasteiger partial charge in [0.2, 0.25) is 0 Å². The standard InChI is InChI=1S/C32H45NO4/c1-19-8-6-9-29-32(13-7-15-33-29)14-12-25(28-18-22(4)31(35)37-28)23(5)26(32)17-20(2)27(34)11-10-24-16-21(3)30(19)36-24/h8,17-18,21,24,26-28,30,34H,6-7,9-16H2,1-5H3/b19-8+,20-17-/t21-,24-,26+,27+,28+,30+,32+/m1/s1. The van der Waals surface area contributed by atoms with Crippen LogP contribution in [-0.2, 0) is 14.3 Å². The van der Waals surface area contributed by atoms with Gasteiger partial charge in [-0.25, -0.2) is 4.79 Å². The largest absolute Gasteiger partial charge is 0.450 e. The fourth-order valence-electron chi connectivity index (χ4n) is 7.70. The van der Waals surface area contributed by atoms with E-state index in [9.17, 15) is 9.90 Å². The number of aliphatic hydroxyl groups excluding tert-OH is 1. The van der Waals surface area contributed by atoms with Gasteiger partial charge in [-0.15, -0.1) is 0 Å². The van der Waals surface area contributed by atoms with Crippen molar-refractivity contribution in [3.8, 4) is 0 Å². The molecule has 5 nitrogen and oxygen atoms in total. The monoisotopic (exact) mass is 507 g/mol. The van der Waals surface area contributed by atoms with Gasteiger partial charge in [0.15, 0.2) is 0 Å². The second-order valence-electron chi connectivity index (χ2n) is 12.3.